The standard InChI is InChI=1S/C25H22ClN5O2/c1-16-5-8-20(14-28-16)33-24-10-7-19(13-22(24)26)31-25-21-12-18(4-3-11-27-17(2)32)6-9-23(21)29-15-30-25/h3-10,12-15H,11H2,1-2H3,(H,27,32)(H,29,30,31)/b4-3+. The minimum atomic E-state index is -0.0661. The van der Waals surface area contributed by atoms with E-state index in [4.69, 9.17) is 16.3 Å². The largest absolute Gasteiger partial charge is 0.454 e. The number of fused-ring (bicyclic) bond motifs is 1. The molecule has 7 nitrogen and oxygen atoms in total. The van der Waals surface area contributed by atoms with Crippen LogP contribution in [0.4, 0.5) is 11.5 Å². The number of pyridine rings is 1. The van der Waals surface area contributed by atoms with Crippen molar-refractivity contribution in [1.29, 1.82) is 0 Å². The molecule has 1 amide bonds. The zero-order valence-corrected chi connectivity index (χ0v) is 18.9. The van der Waals surface area contributed by atoms with Crippen LogP contribution < -0.4 is 15.4 Å². The second kappa shape index (κ2) is 10.1. The summed E-state index contributed by atoms with van der Waals surface area (Å²) in [5, 5.41) is 7.37. The molecule has 2 N–H and O–H groups in total. The molecule has 0 unspecified atom stereocenters. The molecule has 2 aromatic heterocycles. The summed E-state index contributed by atoms with van der Waals surface area (Å²) in [6.07, 6.45) is 7.00. The highest BCUT2D eigenvalue weighted by molar-refractivity contribution is 6.32. The van der Waals surface area contributed by atoms with Crippen LogP contribution in [0.25, 0.3) is 17.0 Å². The van der Waals surface area contributed by atoms with Gasteiger partial charge in [-0.15, -0.1) is 0 Å². The lowest BCUT2D eigenvalue weighted by atomic mass is 10.1. The Kier molecular flexibility index (Phi) is 6.80. The van der Waals surface area contributed by atoms with Gasteiger partial charge in [0.15, 0.2) is 0 Å². The zero-order chi connectivity index (χ0) is 23.2. The van der Waals surface area contributed by atoms with Gasteiger partial charge in [0, 0.05) is 30.2 Å². The van der Waals surface area contributed by atoms with E-state index in [0.29, 0.717) is 28.9 Å². The Hall–Kier alpha value is -3.97. The zero-order valence-electron chi connectivity index (χ0n) is 18.2. The summed E-state index contributed by atoms with van der Waals surface area (Å²) in [6, 6.07) is 15.1. The maximum absolute atomic E-state index is 11.0. The van der Waals surface area contributed by atoms with E-state index in [9.17, 15) is 4.79 Å². The Morgan fingerprint density at radius 2 is 1.97 bits per heavy atom. The molecule has 0 aliphatic rings. The van der Waals surface area contributed by atoms with E-state index in [1.807, 2.05) is 55.5 Å². The van der Waals surface area contributed by atoms with Gasteiger partial charge < -0.3 is 15.4 Å². The number of halogens is 1. The number of carbonyl (C=O) groups is 1. The number of nitrogens with one attached hydrogen (secondary N) is 2. The van der Waals surface area contributed by atoms with Crippen molar-refractivity contribution in [3.63, 3.8) is 0 Å². The third-order valence-electron chi connectivity index (χ3n) is 4.75. The number of benzene rings is 2. The molecular weight excluding hydrogens is 438 g/mol. The van der Waals surface area contributed by atoms with E-state index in [-0.39, 0.29) is 5.91 Å². The number of rotatable bonds is 7. The number of aromatic nitrogens is 3. The van der Waals surface area contributed by atoms with Crippen LogP contribution in [0.1, 0.15) is 18.2 Å². The third-order valence-corrected chi connectivity index (χ3v) is 5.04. The van der Waals surface area contributed by atoms with Crippen LogP contribution in [0.3, 0.4) is 0 Å². The van der Waals surface area contributed by atoms with Gasteiger partial charge in [0.25, 0.3) is 0 Å². The summed E-state index contributed by atoms with van der Waals surface area (Å²) in [7, 11) is 0. The number of carbonyl (C=O) groups excluding carboxylic acids is 1. The molecule has 2 aromatic carbocycles. The van der Waals surface area contributed by atoms with Crippen LogP contribution in [0.2, 0.25) is 5.02 Å². The van der Waals surface area contributed by atoms with Crippen LogP contribution in [0.15, 0.2) is 67.1 Å². The normalized spacial score (nSPS) is 11.0. The minimum absolute atomic E-state index is 0.0661. The smallest absolute Gasteiger partial charge is 0.217 e. The lowest BCUT2D eigenvalue weighted by Gasteiger charge is -2.12. The molecule has 4 rings (SSSR count). The van der Waals surface area contributed by atoms with Crippen LogP contribution in [0.5, 0.6) is 11.5 Å². The minimum Gasteiger partial charge on any atom is -0.454 e. The quantitative estimate of drug-likeness (QED) is 0.370. The first-order chi connectivity index (χ1) is 16.0. The van der Waals surface area contributed by atoms with E-state index >= 15 is 0 Å². The molecule has 0 spiro atoms. The molecule has 2 heterocycles. The average molecular weight is 460 g/mol. The predicted molar refractivity (Wildman–Crippen MR) is 131 cm³/mol. The molecule has 0 atom stereocenters. The van der Waals surface area contributed by atoms with Crippen molar-refractivity contribution in [2.45, 2.75) is 13.8 Å². The van der Waals surface area contributed by atoms with Gasteiger partial charge >= 0.3 is 0 Å². The fraction of sp³-hybridized carbons (Fsp3) is 0.120. The SMILES string of the molecule is CC(=O)NC/C=C/c1ccc2ncnc(Nc3ccc(Oc4ccc(C)nc4)c(Cl)c3)c2c1. The lowest BCUT2D eigenvalue weighted by Crippen LogP contribution is -2.19. The Morgan fingerprint density at radius 1 is 1.09 bits per heavy atom. The Morgan fingerprint density at radius 3 is 2.73 bits per heavy atom. The monoisotopic (exact) mass is 459 g/mol. The van der Waals surface area contributed by atoms with Crippen molar-refractivity contribution < 1.29 is 9.53 Å². The number of ether oxygens (including phenoxy) is 1. The number of anilines is 2. The van der Waals surface area contributed by atoms with E-state index in [1.54, 1.807) is 18.3 Å². The van der Waals surface area contributed by atoms with Crippen molar-refractivity contribution in [2.24, 2.45) is 0 Å². The first-order valence-corrected chi connectivity index (χ1v) is 10.7. The van der Waals surface area contributed by atoms with Gasteiger partial charge in [-0.1, -0.05) is 29.8 Å². The van der Waals surface area contributed by atoms with Crippen molar-refractivity contribution in [3.8, 4) is 11.5 Å². The maximum atomic E-state index is 11.0. The second-order valence-corrected chi connectivity index (χ2v) is 7.75. The molecule has 166 valence electrons. The molecular formula is C25H22ClN5O2. The number of nitrogens with zero attached hydrogens (tertiary/aromatic N) is 3. The van der Waals surface area contributed by atoms with E-state index in [2.05, 4.69) is 25.6 Å². The summed E-state index contributed by atoms with van der Waals surface area (Å²) in [4.78, 5) is 24.0. The summed E-state index contributed by atoms with van der Waals surface area (Å²) < 4.78 is 5.84. The number of aryl methyl sites for hydroxylation is 1. The van der Waals surface area contributed by atoms with Crippen molar-refractivity contribution >= 4 is 46.0 Å². The van der Waals surface area contributed by atoms with Crippen LogP contribution in [-0.4, -0.2) is 27.4 Å². The topological polar surface area (TPSA) is 89.0 Å². The Labute approximate surface area is 196 Å². The second-order valence-electron chi connectivity index (χ2n) is 7.35. The van der Waals surface area contributed by atoms with Gasteiger partial charge in [-0.05, 0) is 55.0 Å². The number of hydrogen-bond donors (Lipinski definition) is 2. The predicted octanol–water partition coefficient (Wildman–Crippen LogP) is 5.67. The summed E-state index contributed by atoms with van der Waals surface area (Å²) in [5.74, 6) is 1.74. The van der Waals surface area contributed by atoms with Gasteiger partial charge in [-0.2, -0.15) is 0 Å². The molecule has 4 aromatic rings. The van der Waals surface area contributed by atoms with Crippen molar-refractivity contribution in [3.05, 3.63) is 83.4 Å². The van der Waals surface area contributed by atoms with E-state index in [0.717, 1.165) is 27.8 Å². The molecule has 0 saturated carbocycles. The van der Waals surface area contributed by atoms with Crippen molar-refractivity contribution in [1.82, 2.24) is 20.3 Å². The molecule has 0 radical (unpaired) electrons. The van der Waals surface area contributed by atoms with Crippen LogP contribution in [-0.2, 0) is 4.79 Å². The highest BCUT2D eigenvalue weighted by Gasteiger charge is 2.09. The Balaban J connectivity index is 1.54. The molecule has 0 aliphatic heterocycles. The maximum Gasteiger partial charge on any atom is 0.217 e. The van der Waals surface area contributed by atoms with Gasteiger partial charge in [0.1, 0.15) is 23.6 Å². The van der Waals surface area contributed by atoms with Crippen LogP contribution >= 0.6 is 11.6 Å². The summed E-state index contributed by atoms with van der Waals surface area (Å²) in [6.45, 7) is 3.87. The first kappa shape index (κ1) is 22.2. The fourth-order valence-electron chi connectivity index (χ4n) is 3.11. The molecule has 33 heavy (non-hydrogen) atoms. The average Bonchev–Trinajstić information content (AvgIpc) is 2.80. The number of hydrogen-bond acceptors (Lipinski definition) is 6. The van der Waals surface area contributed by atoms with Crippen LogP contribution in [0, 0.1) is 6.92 Å². The van der Waals surface area contributed by atoms with E-state index < -0.39 is 0 Å². The highest BCUT2D eigenvalue weighted by Crippen LogP contribution is 2.33. The van der Waals surface area contributed by atoms with E-state index in [1.165, 1.54) is 13.3 Å². The van der Waals surface area contributed by atoms with Gasteiger partial charge in [-0.25, -0.2) is 9.97 Å². The van der Waals surface area contributed by atoms with Gasteiger partial charge in [-0.3, -0.25) is 9.78 Å². The fourth-order valence-corrected chi connectivity index (χ4v) is 3.33. The van der Waals surface area contributed by atoms with Gasteiger partial charge in [0.2, 0.25) is 5.91 Å². The lowest BCUT2D eigenvalue weighted by molar-refractivity contribution is -0.118. The molecule has 0 saturated heterocycles. The molecule has 0 aliphatic carbocycles. The molecule has 8 heteroatoms. The molecule has 0 bridgehead atoms. The van der Waals surface area contributed by atoms with Gasteiger partial charge in [0.05, 0.1) is 16.7 Å². The third kappa shape index (κ3) is 5.84. The summed E-state index contributed by atoms with van der Waals surface area (Å²) in [5.41, 5.74) is 3.46. The first-order valence-electron chi connectivity index (χ1n) is 10.3. The number of amides is 1. The molecule has 0 fully saturated rings. The van der Waals surface area contributed by atoms with Crippen molar-refractivity contribution in [2.75, 3.05) is 11.9 Å². The highest BCUT2D eigenvalue weighted by atomic mass is 35.5. The Bertz CT molecular complexity index is 1320. The summed E-state index contributed by atoms with van der Waals surface area (Å²) >= 11 is 6.46.